The van der Waals surface area contributed by atoms with Crippen LogP contribution in [0, 0.1) is 60.7 Å². The van der Waals surface area contributed by atoms with Crippen molar-refractivity contribution in [1.29, 1.82) is 0 Å². The summed E-state index contributed by atoms with van der Waals surface area (Å²) in [6, 6.07) is 0. The van der Waals surface area contributed by atoms with Gasteiger partial charge in [-0.2, -0.15) is 0 Å². The van der Waals surface area contributed by atoms with Crippen LogP contribution < -0.4 is 0 Å². The molecule has 0 aromatic heterocycles. The molecule has 0 spiro atoms. The van der Waals surface area contributed by atoms with Gasteiger partial charge in [-0.05, 0) is 20.0 Å². The van der Waals surface area contributed by atoms with E-state index in [0.29, 0.717) is 0 Å². The van der Waals surface area contributed by atoms with Crippen LogP contribution in [-0.2, 0) is 0 Å². The van der Waals surface area contributed by atoms with E-state index < -0.39 is 74.5 Å². The first-order valence-corrected chi connectivity index (χ1v) is 6.10. The van der Waals surface area contributed by atoms with Crippen molar-refractivity contribution in [1.82, 2.24) is 20.0 Å². The molecule has 0 unspecified atom stereocenters. The smallest absolute Gasteiger partial charge is 0.234 e. The lowest BCUT2D eigenvalue weighted by Crippen LogP contribution is -2.53. The van der Waals surface area contributed by atoms with Crippen LogP contribution >= 0.6 is 0 Å². The molecule has 0 bridgehead atoms. The van der Waals surface area contributed by atoms with E-state index in [1.54, 1.807) is 0 Å². The molecule has 0 amide bonds. The quantitative estimate of drug-likeness (QED) is 0.306. The first kappa shape index (κ1) is 19.3. The number of hydrazone groups is 2. The monoisotopic (exact) mass is 410 g/mol. The largest absolute Gasteiger partial charge is 0.399 e. The van der Waals surface area contributed by atoms with Gasteiger partial charge in [0.2, 0.25) is 0 Å². The minimum Gasteiger partial charge on any atom is -0.234 e. The van der Waals surface area contributed by atoms with Gasteiger partial charge in [0.1, 0.15) is 10.2 Å². The molecule has 150 valence electrons. The third-order valence-electron chi connectivity index (χ3n) is 3.13. The number of hydrogen-bond acceptors (Lipinski definition) is 12. The van der Waals surface area contributed by atoms with Crippen LogP contribution in [0.25, 0.3) is 0 Å². The summed E-state index contributed by atoms with van der Waals surface area (Å²) in [6.07, 6.45) is -5.34. The molecule has 2 aliphatic heterocycles. The SMILES string of the molecule is O=[N+]([O-])N=C1N([N+](=O)[O-])C2C(N1[N+](=O)[O-])N([N+](=O)[O-])C(=N[N+](=O)[O-])N2[N+](=O)[O-]. The van der Waals surface area contributed by atoms with Crippen molar-refractivity contribution in [3.05, 3.63) is 60.7 Å². The fraction of sp³-hybridized carbons (Fsp3) is 0.500. The fourth-order valence-corrected chi connectivity index (χ4v) is 2.40. The van der Waals surface area contributed by atoms with Crippen molar-refractivity contribution >= 4 is 11.9 Å². The third kappa shape index (κ3) is 2.76. The van der Waals surface area contributed by atoms with Gasteiger partial charge in [0, 0.05) is 0 Å². The maximum atomic E-state index is 11.2. The number of fused-ring (bicyclic) bond motifs is 1. The molecule has 2 saturated heterocycles. The van der Waals surface area contributed by atoms with E-state index in [4.69, 9.17) is 0 Å². The highest BCUT2D eigenvalue weighted by Gasteiger charge is 2.77. The maximum absolute atomic E-state index is 11.2. The average Bonchev–Trinajstić information content (AvgIpc) is 2.95. The number of nitro groups is 6. The number of hydrogen-bond donors (Lipinski definition) is 0. The molecule has 2 heterocycles. The van der Waals surface area contributed by atoms with Crippen molar-refractivity contribution in [2.45, 2.75) is 12.3 Å². The molecule has 0 atom stereocenters. The van der Waals surface area contributed by atoms with Crippen molar-refractivity contribution in [3.63, 3.8) is 0 Å². The predicted octanol–water partition coefficient (Wildman–Crippen LogP) is -3.26. The second-order valence-corrected chi connectivity index (χ2v) is 4.43. The van der Waals surface area contributed by atoms with E-state index in [2.05, 4.69) is 10.2 Å². The molecule has 0 aromatic carbocycles. The van der Waals surface area contributed by atoms with Gasteiger partial charge >= 0.3 is 11.9 Å². The number of nitrogens with zero attached hydrogens (tertiary/aromatic N) is 12. The van der Waals surface area contributed by atoms with Gasteiger partial charge in [0.15, 0.2) is 30.2 Å². The molecular formula is C4H2N12O12. The molecule has 0 aromatic rings. The summed E-state index contributed by atoms with van der Waals surface area (Å²) in [5.41, 5.74) is 0. The second kappa shape index (κ2) is 6.34. The average molecular weight is 410 g/mol. The normalized spacial score (nSPS) is 20.7. The molecule has 0 saturated carbocycles. The van der Waals surface area contributed by atoms with Gasteiger partial charge in [0.25, 0.3) is 12.3 Å². The van der Waals surface area contributed by atoms with Gasteiger partial charge in [-0.15, -0.1) is 0 Å². The summed E-state index contributed by atoms with van der Waals surface area (Å²) in [7, 11) is 0. The molecule has 28 heavy (non-hydrogen) atoms. The van der Waals surface area contributed by atoms with Crippen LogP contribution in [0.4, 0.5) is 0 Å². The molecule has 0 radical (unpaired) electrons. The Morgan fingerprint density at radius 3 is 0.893 bits per heavy atom. The number of hydrazine groups is 4. The minimum absolute atomic E-state index is 0.599. The van der Waals surface area contributed by atoms with Crippen molar-refractivity contribution < 1.29 is 30.2 Å². The highest BCUT2D eigenvalue weighted by molar-refractivity contribution is 5.86. The highest BCUT2D eigenvalue weighted by atomic mass is 16.7. The standard InChI is InChI=1S/C4H2N12O12/c17-11(18)5-3-7(13(21)22)1-2(9(3)15(25)26)10(16(27)28)4(6-12(19)20)8(1)14(23)24/h1-2H. The number of guanidine groups is 2. The second-order valence-electron chi connectivity index (χ2n) is 4.43. The third-order valence-corrected chi connectivity index (χ3v) is 3.13. The molecule has 2 aliphatic rings. The van der Waals surface area contributed by atoms with E-state index in [0.717, 1.165) is 0 Å². The topological polar surface area (TPSA) is 297 Å². The minimum atomic E-state index is -2.67. The Morgan fingerprint density at radius 2 is 0.750 bits per heavy atom. The van der Waals surface area contributed by atoms with Crippen LogP contribution in [0.1, 0.15) is 0 Å². The van der Waals surface area contributed by atoms with Crippen LogP contribution in [0.15, 0.2) is 10.2 Å². The van der Waals surface area contributed by atoms with Crippen molar-refractivity contribution in [2.75, 3.05) is 0 Å². The van der Waals surface area contributed by atoms with E-state index in [1.165, 1.54) is 0 Å². The first-order chi connectivity index (χ1) is 12.9. The lowest BCUT2D eigenvalue weighted by atomic mass is 10.4. The van der Waals surface area contributed by atoms with E-state index in [9.17, 15) is 60.7 Å². The van der Waals surface area contributed by atoms with Gasteiger partial charge in [-0.1, -0.05) is 0 Å². The Kier molecular flexibility index (Phi) is 4.37. The molecule has 0 aliphatic carbocycles. The summed E-state index contributed by atoms with van der Waals surface area (Å²) in [4.78, 5) is 66.1. The first-order valence-electron chi connectivity index (χ1n) is 6.10. The Labute approximate surface area is 146 Å². The summed E-state index contributed by atoms with van der Waals surface area (Å²) >= 11 is 0. The van der Waals surface area contributed by atoms with Gasteiger partial charge in [-0.3, -0.25) is 0 Å². The summed E-state index contributed by atoms with van der Waals surface area (Å²) in [5.74, 6) is -3.48. The fourth-order valence-electron chi connectivity index (χ4n) is 2.40. The van der Waals surface area contributed by atoms with Gasteiger partial charge < -0.3 is 0 Å². The van der Waals surface area contributed by atoms with Crippen LogP contribution in [0.5, 0.6) is 0 Å². The van der Waals surface area contributed by atoms with Crippen LogP contribution in [0.3, 0.4) is 0 Å². The van der Waals surface area contributed by atoms with Crippen LogP contribution in [0.2, 0.25) is 0 Å². The molecule has 0 N–H and O–H groups in total. The molecule has 2 fully saturated rings. The Bertz CT molecular complexity index is 745. The summed E-state index contributed by atoms with van der Waals surface area (Å²) < 4.78 is 0. The van der Waals surface area contributed by atoms with E-state index >= 15 is 0 Å². The van der Waals surface area contributed by atoms with Crippen LogP contribution in [-0.4, -0.2) is 74.5 Å². The van der Waals surface area contributed by atoms with E-state index in [1.807, 2.05) is 0 Å². The maximum Gasteiger partial charge on any atom is 0.399 e. The van der Waals surface area contributed by atoms with Crippen molar-refractivity contribution in [3.8, 4) is 0 Å². The van der Waals surface area contributed by atoms with Gasteiger partial charge in [-0.25, -0.2) is 60.7 Å². The molecule has 2 rings (SSSR count). The number of rotatable bonds is 6. The lowest BCUT2D eigenvalue weighted by Gasteiger charge is -2.14. The predicted molar refractivity (Wildman–Crippen MR) is 71.8 cm³/mol. The molecular weight excluding hydrogens is 408 g/mol. The Balaban J connectivity index is 2.87. The zero-order valence-corrected chi connectivity index (χ0v) is 12.4. The Hall–Kier alpha value is -5.06. The zero-order valence-electron chi connectivity index (χ0n) is 12.4. The highest BCUT2D eigenvalue weighted by Crippen LogP contribution is 2.35. The lowest BCUT2D eigenvalue weighted by molar-refractivity contribution is -0.694. The molecule has 24 heteroatoms. The van der Waals surface area contributed by atoms with E-state index in [-0.39, 0.29) is 0 Å². The zero-order chi connectivity index (χ0) is 21.5. The summed E-state index contributed by atoms with van der Waals surface area (Å²) in [6.45, 7) is 0. The Morgan fingerprint density at radius 1 is 0.536 bits per heavy atom. The summed E-state index contributed by atoms with van der Waals surface area (Å²) in [5, 5.41) is 58.7. The van der Waals surface area contributed by atoms with Gasteiger partial charge in [0.05, 0.1) is 0 Å². The molecule has 24 nitrogen and oxygen atoms in total. The van der Waals surface area contributed by atoms with Crippen molar-refractivity contribution in [2.24, 2.45) is 10.2 Å².